The fourth-order valence-corrected chi connectivity index (χ4v) is 3.16. The first-order chi connectivity index (χ1) is 8.36. The molecule has 0 saturated carbocycles. The molecule has 3 heterocycles. The van der Waals surface area contributed by atoms with Crippen LogP contribution in [0.4, 0.5) is 0 Å². The number of carbonyl (C=O) groups is 1. The molecule has 1 aliphatic rings. The summed E-state index contributed by atoms with van der Waals surface area (Å²) in [6.45, 7) is 0. The molecule has 4 rings (SSSR count). The Morgan fingerprint density at radius 2 is 1.76 bits per heavy atom. The molecule has 3 aromatic heterocycles. The van der Waals surface area contributed by atoms with Crippen LogP contribution in [0.3, 0.4) is 0 Å². The summed E-state index contributed by atoms with van der Waals surface area (Å²) in [6, 6.07) is 5.67. The Morgan fingerprint density at radius 1 is 1.00 bits per heavy atom. The molecule has 0 spiro atoms. The summed E-state index contributed by atoms with van der Waals surface area (Å²) in [6.07, 6.45) is 3.46. The quantitative estimate of drug-likeness (QED) is 0.473. The molecule has 0 unspecified atom stereocenters. The van der Waals surface area contributed by atoms with Crippen molar-refractivity contribution in [2.45, 2.75) is 0 Å². The van der Waals surface area contributed by atoms with Gasteiger partial charge >= 0.3 is 0 Å². The number of pyridine rings is 2. The van der Waals surface area contributed by atoms with E-state index in [1.807, 2.05) is 23.6 Å². The third-order valence-electron chi connectivity index (χ3n) is 3.02. The van der Waals surface area contributed by atoms with E-state index in [4.69, 9.17) is 0 Å². The van der Waals surface area contributed by atoms with Gasteiger partial charge in [0.2, 0.25) is 5.78 Å². The standard InChI is InChI=1S/C13H6N2OS/c16-12-8-3-6-17-13(8)11-9-7(2-5-15-11)1-4-14-10(9)12/h1-6H. The van der Waals surface area contributed by atoms with Gasteiger partial charge in [0.25, 0.3) is 0 Å². The summed E-state index contributed by atoms with van der Waals surface area (Å²) < 4.78 is 0. The van der Waals surface area contributed by atoms with Gasteiger partial charge in [0.05, 0.1) is 10.6 Å². The van der Waals surface area contributed by atoms with Crippen LogP contribution in [0.2, 0.25) is 0 Å². The molecule has 3 aromatic rings. The largest absolute Gasteiger partial charge is 0.287 e. The van der Waals surface area contributed by atoms with E-state index in [9.17, 15) is 4.79 Å². The zero-order valence-corrected chi connectivity index (χ0v) is 9.49. The zero-order chi connectivity index (χ0) is 11.4. The SMILES string of the molecule is O=C1c2ccsc2-c2nccc3ccnc1c23. The number of nitrogens with zero attached hydrogens (tertiary/aromatic N) is 2. The van der Waals surface area contributed by atoms with Crippen molar-refractivity contribution >= 4 is 27.9 Å². The third-order valence-corrected chi connectivity index (χ3v) is 3.94. The predicted octanol–water partition coefficient (Wildman–Crippen LogP) is 2.90. The molecular formula is C13H6N2OS. The van der Waals surface area contributed by atoms with Gasteiger partial charge in [-0.05, 0) is 29.0 Å². The van der Waals surface area contributed by atoms with Crippen LogP contribution in [0.25, 0.3) is 21.3 Å². The average molecular weight is 238 g/mol. The van der Waals surface area contributed by atoms with E-state index in [2.05, 4.69) is 9.97 Å². The van der Waals surface area contributed by atoms with E-state index in [1.165, 1.54) is 0 Å². The Labute approximate surface area is 101 Å². The summed E-state index contributed by atoms with van der Waals surface area (Å²) in [4.78, 5) is 21.8. The lowest BCUT2D eigenvalue weighted by molar-refractivity contribution is 0.103. The van der Waals surface area contributed by atoms with Crippen LogP contribution in [0, 0.1) is 0 Å². The molecule has 0 atom stereocenters. The number of fused-ring (bicyclic) bond motifs is 2. The van der Waals surface area contributed by atoms with Crippen molar-refractivity contribution in [3.05, 3.63) is 47.2 Å². The number of ketones is 1. The van der Waals surface area contributed by atoms with Gasteiger partial charge in [-0.2, -0.15) is 0 Å². The summed E-state index contributed by atoms with van der Waals surface area (Å²) in [5.41, 5.74) is 2.13. The number of rotatable bonds is 0. The highest BCUT2D eigenvalue weighted by molar-refractivity contribution is 7.14. The van der Waals surface area contributed by atoms with E-state index in [1.54, 1.807) is 23.7 Å². The van der Waals surface area contributed by atoms with Gasteiger partial charge in [0, 0.05) is 23.3 Å². The van der Waals surface area contributed by atoms with Crippen LogP contribution >= 0.6 is 11.3 Å². The number of aromatic nitrogens is 2. The van der Waals surface area contributed by atoms with Gasteiger partial charge in [0.15, 0.2) is 0 Å². The van der Waals surface area contributed by atoms with Crippen LogP contribution in [0.5, 0.6) is 0 Å². The summed E-state index contributed by atoms with van der Waals surface area (Å²) >= 11 is 1.55. The van der Waals surface area contributed by atoms with E-state index >= 15 is 0 Å². The first-order valence-corrected chi connectivity index (χ1v) is 6.10. The van der Waals surface area contributed by atoms with Gasteiger partial charge in [-0.1, -0.05) is 0 Å². The molecule has 0 aliphatic heterocycles. The normalized spacial score (nSPS) is 12.8. The Balaban J connectivity index is 2.31. The molecule has 0 saturated heterocycles. The summed E-state index contributed by atoms with van der Waals surface area (Å²) in [5, 5.41) is 3.83. The molecule has 17 heavy (non-hydrogen) atoms. The highest BCUT2D eigenvalue weighted by atomic mass is 32.1. The zero-order valence-electron chi connectivity index (χ0n) is 8.68. The van der Waals surface area contributed by atoms with Gasteiger partial charge in [-0.3, -0.25) is 14.8 Å². The highest BCUT2D eigenvalue weighted by Crippen LogP contribution is 2.39. The number of thiophene rings is 1. The highest BCUT2D eigenvalue weighted by Gasteiger charge is 2.27. The summed E-state index contributed by atoms with van der Waals surface area (Å²) in [5.74, 6) is 0.00681. The van der Waals surface area contributed by atoms with Crippen LogP contribution in [-0.2, 0) is 0 Å². The Hall–Kier alpha value is -2.07. The summed E-state index contributed by atoms with van der Waals surface area (Å²) in [7, 11) is 0. The second kappa shape index (κ2) is 2.99. The van der Waals surface area contributed by atoms with Crippen molar-refractivity contribution in [1.82, 2.24) is 9.97 Å². The molecule has 3 nitrogen and oxygen atoms in total. The predicted molar refractivity (Wildman–Crippen MR) is 66.3 cm³/mol. The maximum Gasteiger partial charge on any atom is 0.213 e. The van der Waals surface area contributed by atoms with Crippen molar-refractivity contribution in [1.29, 1.82) is 0 Å². The molecule has 0 aromatic carbocycles. The van der Waals surface area contributed by atoms with Gasteiger partial charge < -0.3 is 0 Å². The monoisotopic (exact) mass is 238 g/mol. The fourth-order valence-electron chi connectivity index (χ4n) is 2.26. The second-order valence-corrected chi connectivity index (χ2v) is 4.83. The van der Waals surface area contributed by atoms with E-state index in [0.717, 1.165) is 26.9 Å². The minimum Gasteiger partial charge on any atom is -0.287 e. The van der Waals surface area contributed by atoms with Crippen LogP contribution in [0.1, 0.15) is 16.1 Å². The first-order valence-electron chi connectivity index (χ1n) is 5.22. The van der Waals surface area contributed by atoms with Crippen molar-refractivity contribution in [3.63, 3.8) is 0 Å². The lowest BCUT2D eigenvalue weighted by Gasteiger charge is -2.14. The van der Waals surface area contributed by atoms with Crippen LogP contribution < -0.4 is 0 Å². The molecule has 0 N–H and O–H groups in total. The van der Waals surface area contributed by atoms with E-state index in [0.29, 0.717) is 5.69 Å². The van der Waals surface area contributed by atoms with Crippen molar-refractivity contribution < 1.29 is 4.79 Å². The van der Waals surface area contributed by atoms with E-state index in [-0.39, 0.29) is 5.78 Å². The van der Waals surface area contributed by atoms with Crippen molar-refractivity contribution in [2.24, 2.45) is 0 Å². The molecular weight excluding hydrogens is 232 g/mol. The van der Waals surface area contributed by atoms with Gasteiger partial charge in [-0.15, -0.1) is 11.3 Å². The Morgan fingerprint density at radius 3 is 2.59 bits per heavy atom. The van der Waals surface area contributed by atoms with E-state index < -0.39 is 0 Å². The van der Waals surface area contributed by atoms with Crippen LogP contribution in [-0.4, -0.2) is 15.8 Å². The minimum atomic E-state index is 0.00681. The lowest BCUT2D eigenvalue weighted by Crippen LogP contribution is -2.10. The fraction of sp³-hybridized carbons (Fsp3) is 0. The molecule has 0 amide bonds. The molecule has 1 aliphatic carbocycles. The molecule has 4 heteroatoms. The average Bonchev–Trinajstić information content (AvgIpc) is 2.85. The third kappa shape index (κ3) is 1.03. The smallest absolute Gasteiger partial charge is 0.213 e. The molecule has 80 valence electrons. The molecule has 0 bridgehead atoms. The second-order valence-electron chi connectivity index (χ2n) is 3.91. The Bertz CT molecular complexity index is 771. The van der Waals surface area contributed by atoms with Gasteiger partial charge in [-0.25, -0.2) is 0 Å². The first kappa shape index (κ1) is 9.01. The van der Waals surface area contributed by atoms with Crippen molar-refractivity contribution in [3.8, 4) is 10.6 Å². The van der Waals surface area contributed by atoms with Crippen LogP contribution in [0.15, 0.2) is 36.0 Å². The number of hydrogen-bond acceptors (Lipinski definition) is 4. The Kier molecular flexibility index (Phi) is 1.58. The number of carbonyl (C=O) groups excluding carboxylic acids is 1. The number of hydrogen-bond donors (Lipinski definition) is 0. The molecule has 0 radical (unpaired) electrons. The van der Waals surface area contributed by atoms with Crippen molar-refractivity contribution in [2.75, 3.05) is 0 Å². The van der Waals surface area contributed by atoms with Gasteiger partial charge in [0.1, 0.15) is 5.69 Å². The maximum atomic E-state index is 12.3. The maximum absolute atomic E-state index is 12.3. The topological polar surface area (TPSA) is 42.9 Å². The lowest BCUT2D eigenvalue weighted by atomic mass is 9.95. The molecule has 0 fully saturated rings. The minimum absolute atomic E-state index is 0.00681.